The molecule has 0 aliphatic rings. The van der Waals surface area contributed by atoms with E-state index in [1.165, 1.54) is 6.20 Å². The van der Waals surface area contributed by atoms with Gasteiger partial charge in [-0.1, -0.05) is 44.9 Å². The van der Waals surface area contributed by atoms with Crippen molar-refractivity contribution < 1.29 is 14.4 Å². The molecular formula is C28H32BrN3O3. The van der Waals surface area contributed by atoms with Crippen LogP contribution in [0, 0.1) is 0 Å². The maximum Gasteiger partial charge on any atom is 0.151 e. The molecule has 7 heteroatoms. The van der Waals surface area contributed by atoms with E-state index in [2.05, 4.69) is 44.7 Å². The maximum absolute atomic E-state index is 10.7. The molecule has 0 aliphatic heterocycles. The number of carbonyl (C=O) groups is 3. The van der Waals surface area contributed by atoms with Gasteiger partial charge in [0.15, 0.2) is 12.6 Å². The summed E-state index contributed by atoms with van der Waals surface area (Å²) < 4.78 is 0.744. The highest BCUT2D eigenvalue weighted by atomic mass is 79.9. The average Bonchev–Trinajstić information content (AvgIpc) is 2.87. The summed E-state index contributed by atoms with van der Waals surface area (Å²) in [6.07, 6.45) is 15.1. The Bertz CT molecular complexity index is 1050. The highest BCUT2D eigenvalue weighted by Gasteiger charge is 1.94. The number of aldehydes is 2. The minimum absolute atomic E-state index is 0.182. The van der Waals surface area contributed by atoms with Crippen molar-refractivity contribution in [3.8, 4) is 0 Å². The summed E-state index contributed by atoms with van der Waals surface area (Å²) >= 11 is 3.15. The van der Waals surface area contributed by atoms with Gasteiger partial charge in [-0.2, -0.15) is 0 Å². The van der Waals surface area contributed by atoms with E-state index in [-0.39, 0.29) is 5.78 Å². The van der Waals surface area contributed by atoms with Crippen molar-refractivity contribution in [3.05, 3.63) is 93.7 Å². The minimum Gasteiger partial charge on any atom is -0.300 e. The van der Waals surface area contributed by atoms with Gasteiger partial charge in [-0.3, -0.25) is 24.4 Å². The third-order valence-corrected chi connectivity index (χ3v) is 4.91. The van der Waals surface area contributed by atoms with Crippen LogP contribution in [0.25, 0.3) is 6.08 Å². The van der Waals surface area contributed by atoms with Crippen molar-refractivity contribution in [2.45, 2.75) is 52.9 Å². The first kappa shape index (κ1) is 29.7. The third kappa shape index (κ3) is 13.9. The van der Waals surface area contributed by atoms with Crippen LogP contribution in [0.5, 0.6) is 0 Å². The lowest BCUT2D eigenvalue weighted by Gasteiger charge is -1.97. The second-order valence-corrected chi connectivity index (χ2v) is 8.44. The van der Waals surface area contributed by atoms with Gasteiger partial charge >= 0.3 is 0 Å². The smallest absolute Gasteiger partial charge is 0.151 e. The van der Waals surface area contributed by atoms with E-state index in [0.717, 1.165) is 59.8 Å². The SMILES string of the molecule is CCCc1ccc(/C=C/CC(C)=O)cn1.CCCc1ccc(C=O)cn1.O=Cc1ccc(Br)nc1. The highest BCUT2D eigenvalue weighted by molar-refractivity contribution is 9.10. The molecule has 3 heterocycles. The van der Waals surface area contributed by atoms with E-state index < -0.39 is 0 Å². The van der Waals surface area contributed by atoms with Crippen LogP contribution in [-0.2, 0) is 17.6 Å². The molecule has 0 saturated heterocycles. The Labute approximate surface area is 216 Å². The van der Waals surface area contributed by atoms with Gasteiger partial charge in [-0.05, 0) is 71.6 Å². The lowest BCUT2D eigenvalue weighted by molar-refractivity contribution is -0.116. The predicted octanol–water partition coefficient (Wildman–Crippen LogP) is 6.53. The minimum atomic E-state index is 0.182. The lowest BCUT2D eigenvalue weighted by Crippen LogP contribution is -1.89. The number of hydrogen-bond acceptors (Lipinski definition) is 6. The fraction of sp³-hybridized carbons (Fsp3) is 0.286. The number of nitrogens with zero attached hydrogens (tertiary/aromatic N) is 3. The fourth-order valence-electron chi connectivity index (χ4n) is 2.67. The van der Waals surface area contributed by atoms with E-state index in [1.807, 2.05) is 36.5 Å². The first-order valence-corrected chi connectivity index (χ1v) is 12.3. The van der Waals surface area contributed by atoms with Crippen LogP contribution in [0.4, 0.5) is 0 Å². The molecule has 6 nitrogen and oxygen atoms in total. The summed E-state index contributed by atoms with van der Waals surface area (Å²) in [5, 5.41) is 0. The second kappa shape index (κ2) is 18.1. The van der Waals surface area contributed by atoms with E-state index in [9.17, 15) is 14.4 Å². The monoisotopic (exact) mass is 537 g/mol. The van der Waals surface area contributed by atoms with Crippen LogP contribution in [-0.4, -0.2) is 33.3 Å². The molecule has 0 saturated carbocycles. The summed E-state index contributed by atoms with van der Waals surface area (Å²) in [6, 6.07) is 11.2. The predicted molar refractivity (Wildman–Crippen MR) is 144 cm³/mol. The standard InChI is InChI=1S/C13H17NO.C9H11NO.C6H4BrNO/c1-3-5-13-9-8-12(10-14-13)7-4-6-11(2)15;1-2-3-9-5-4-8(7-11)6-10-9;7-6-2-1-5(4-9)3-8-6/h4,7-10H,3,5-6H2,1-2H3;4-7H,2-3H2,1H3;1-4H/b7-4+;;. The molecular weight excluding hydrogens is 506 g/mol. The number of hydrogen-bond donors (Lipinski definition) is 0. The summed E-state index contributed by atoms with van der Waals surface area (Å²) in [6.45, 7) is 5.84. The van der Waals surface area contributed by atoms with Crippen molar-refractivity contribution in [3.63, 3.8) is 0 Å². The van der Waals surface area contributed by atoms with Crippen LogP contribution in [0.15, 0.2) is 65.7 Å². The molecule has 0 radical (unpaired) electrons. The van der Waals surface area contributed by atoms with E-state index in [1.54, 1.807) is 31.3 Å². The maximum atomic E-state index is 10.7. The van der Waals surface area contributed by atoms with Gasteiger partial charge in [0.1, 0.15) is 10.4 Å². The zero-order chi connectivity index (χ0) is 25.9. The molecule has 0 aromatic carbocycles. The number of carbonyl (C=O) groups excluding carboxylic acids is 3. The number of aryl methyl sites for hydroxylation is 2. The van der Waals surface area contributed by atoms with E-state index in [0.29, 0.717) is 17.5 Å². The van der Waals surface area contributed by atoms with Crippen LogP contribution in [0.2, 0.25) is 0 Å². The van der Waals surface area contributed by atoms with Gasteiger partial charge in [0.2, 0.25) is 0 Å². The van der Waals surface area contributed by atoms with Crippen molar-refractivity contribution in [2.24, 2.45) is 0 Å². The zero-order valence-corrected chi connectivity index (χ0v) is 22.1. The fourth-order valence-corrected chi connectivity index (χ4v) is 2.90. The molecule has 0 fully saturated rings. The van der Waals surface area contributed by atoms with E-state index in [4.69, 9.17) is 0 Å². The lowest BCUT2D eigenvalue weighted by atomic mass is 10.2. The van der Waals surface area contributed by atoms with Gasteiger partial charge in [0, 0.05) is 47.5 Å². The largest absolute Gasteiger partial charge is 0.300 e. The molecule has 0 aliphatic carbocycles. The van der Waals surface area contributed by atoms with Gasteiger partial charge < -0.3 is 0 Å². The number of halogens is 1. The summed E-state index contributed by atoms with van der Waals surface area (Å²) in [4.78, 5) is 43.3. The molecule has 3 rings (SSSR count). The first-order chi connectivity index (χ1) is 16.9. The highest BCUT2D eigenvalue weighted by Crippen LogP contribution is 2.05. The van der Waals surface area contributed by atoms with Gasteiger partial charge in [0.05, 0.1) is 0 Å². The third-order valence-electron chi connectivity index (χ3n) is 4.45. The number of rotatable bonds is 9. The molecule has 0 atom stereocenters. The Morgan fingerprint density at radius 2 is 1.26 bits per heavy atom. The summed E-state index contributed by atoms with van der Waals surface area (Å²) in [5.74, 6) is 0.182. The van der Waals surface area contributed by atoms with Crippen molar-refractivity contribution in [2.75, 3.05) is 0 Å². The number of Topliss-reactive ketones (excluding diaryl/α,β-unsaturated/α-hetero) is 1. The molecule has 184 valence electrons. The number of ketones is 1. The van der Waals surface area contributed by atoms with Gasteiger partial charge in [-0.25, -0.2) is 4.98 Å². The Balaban J connectivity index is 0.000000272. The normalized spacial score (nSPS) is 9.94. The molecule has 35 heavy (non-hydrogen) atoms. The summed E-state index contributed by atoms with van der Waals surface area (Å²) in [5.41, 5.74) is 4.47. The van der Waals surface area contributed by atoms with E-state index >= 15 is 0 Å². The topological polar surface area (TPSA) is 89.9 Å². The Morgan fingerprint density at radius 3 is 1.63 bits per heavy atom. The molecule has 0 unspecified atom stereocenters. The zero-order valence-electron chi connectivity index (χ0n) is 20.5. The van der Waals surface area contributed by atoms with Crippen LogP contribution >= 0.6 is 15.9 Å². The molecule has 3 aromatic heterocycles. The van der Waals surface area contributed by atoms with Crippen molar-refractivity contribution >= 4 is 40.4 Å². The Kier molecular flexibility index (Phi) is 15.3. The molecule has 0 N–H and O–H groups in total. The molecule has 0 bridgehead atoms. The quantitative estimate of drug-likeness (QED) is 0.227. The number of pyridine rings is 3. The van der Waals surface area contributed by atoms with Crippen molar-refractivity contribution in [1.29, 1.82) is 0 Å². The Hall–Kier alpha value is -3.32. The molecule has 0 spiro atoms. The van der Waals surface area contributed by atoms with Crippen molar-refractivity contribution in [1.82, 2.24) is 15.0 Å². The molecule has 3 aromatic rings. The molecule has 0 amide bonds. The number of allylic oxidation sites excluding steroid dienone is 1. The first-order valence-electron chi connectivity index (χ1n) is 11.5. The van der Waals surface area contributed by atoms with Gasteiger partial charge in [-0.15, -0.1) is 0 Å². The van der Waals surface area contributed by atoms with Crippen LogP contribution in [0.3, 0.4) is 0 Å². The van der Waals surface area contributed by atoms with Gasteiger partial charge in [0.25, 0.3) is 0 Å². The summed E-state index contributed by atoms with van der Waals surface area (Å²) in [7, 11) is 0. The van der Waals surface area contributed by atoms with Crippen LogP contribution in [0.1, 0.15) is 77.7 Å². The average molecular weight is 538 g/mol. The van der Waals surface area contributed by atoms with Crippen LogP contribution < -0.4 is 0 Å². The Morgan fingerprint density at radius 1 is 0.771 bits per heavy atom. The number of aromatic nitrogens is 3. The second-order valence-electron chi connectivity index (χ2n) is 7.62.